The standard InChI is InChI=1S/C16H24FN3O.HI/c1-11-6-7-13(9-15(11)17)12(2)20-16(18-3)19-10-14-5-4-8-21-14;/h6-7,9,12,14H,4-5,8,10H2,1-3H3,(H2,18,19,20);1H. The number of hydrogen-bond donors (Lipinski definition) is 2. The summed E-state index contributed by atoms with van der Waals surface area (Å²) in [7, 11) is 1.73. The van der Waals surface area contributed by atoms with Gasteiger partial charge in [-0.1, -0.05) is 12.1 Å². The van der Waals surface area contributed by atoms with Gasteiger partial charge in [-0.3, -0.25) is 4.99 Å². The molecule has 4 nitrogen and oxygen atoms in total. The van der Waals surface area contributed by atoms with Crippen LogP contribution < -0.4 is 10.6 Å². The Morgan fingerprint density at radius 3 is 2.86 bits per heavy atom. The lowest BCUT2D eigenvalue weighted by Gasteiger charge is -2.20. The van der Waals surface area contributed by atoms with Crippen LogP contribution in [0.3, 0.4) is 0 Å². The van der Waals surface area contributed by atoms with Crippen molar-refractivity contribution >= 4 is 29.9 Å². The van der Waals surface area contributed by atoms with E-state index in [2.05, 4.69) is 15.6 Å². The number of aryl methyl sites for hydroxylation is 1. The van der Waals surface area contributed by atoms with E-state index in [1.165, 1.54) is 0 Å². The number of aliphatic imine (C=N–C) groups is 1. The van der Waals surface area contributed by atoms with Gasteiger partial charge in [-0.05, 0) is 43.9 Å². The Hall–Kier alpha value is -0.890. The van der Waals surface area contributed by atoms with Crippen molar-refractivity contribution in [2.75, 3.05) is 20.2 Å². The summed E-state index contributed by atoms with van der Waals surface area (Å²) in [6.07, 6.45) is 2.47. The van der Waals surface area contributed by atoms with Crippen molar-refractivity contribution in [2.24, 2.45) is 4.99 Å². The van der Waals surface area contributed by atoms with Gasteiger partial charge in [-0.15, -0.1) is 24.0 Å². The summed E-state index contributed by atoms with van der Waals surface area (Å²) in [5.41, 5.74) is 1.56. The number of guanidine groups is 1. The van der Waals surface area contributed by atoms with Crippen LogP contribution in [0.1, 0.15) is 36.9 Å². The van der Waals surface area contributed by atoms with Crippen LogP contribution >= 0.6 is 24.0 Å². The third kappa shape index (κ3) is 5.39. The van der Waals surface area contributed by atoms with E-state index >= 15 is 0 Å². The number of nitrogens with one attached hydrogen (secondary N) is 2. The average Bonchev–Trinajstić information content (AvgIpc) is 2.99. The molecule has 2 rings (SSSR count). The number of ether oxygens (including phenoxy) is 1. The van der Waals surface area contributed by atoms with E-state index in [0.717, 1.165) is 31.6 Å². The third-order valence-corrected chi connectivity index (χ3v) is 3.79. The largest absolute Gasteiger partial charge is 0.376 e. The Kier molecular flexibility index (Phi) is 8.09. The van der Waals surface area contributed by atoms with E-state index in [1.54, 1.807) is 26.1 Å². The topological polar surface area (TPSA) is 45.7 Å². The van der Waals surface area contributed by atoms with E-state index in [4.69, 9.17) is 4.74 Å². The first kappa shape index (κ1) is 19.2. The minimum Gasteiger partial charge on any atom is -0.376 e. The molecule has 0 bridgehead atoms. The molecule has 1 aromatic carbocycles. The molecule has 2 unspecified atom stereocenters. The average molecular weight is 421 g/mol. The summed E-state index contributed by atoms with van der Waals surface area (Å²) in [6, 6.07) is 5.28. The molecule has 22 heavy (non-hydrogen) atoms. The maximum atomic E-state index is 13.6. The normalized spacial score (nSPS) is 19.5. The Labute approximate surface area is 148 Å². The first-order chi connectivity index (χ1) is 10.1. The molecule has 1 fully saturated rings. The van der Waals surface area contributed by atoms with Crippen molar-refractivity contribution in [1.29, 1.82) is 0 Å². The van der Waals surface area contributed by atoms with E-state index in [1.807, 2.05) is 13.0 Å². The molecule has 124 valence electrons. The van der Waals surface area contributed by atoms with Crippen molar-refractivity contribution in [3.63, 3.8) is 0 Å². The molecule has 6 heteroatoms. The van der Waals surface area contributed by atoms with Gasteiger partial charge in [0, 0.05) is 20.2 Å². The Bertz CT molecular complexity index is 504. The fourth-order valence-corrected chi connectivity index (χ4v) is 2.38. The van der Waals surface area contributed by atoms with Crippen molar-refractivity contribution in [3.8, 4) is 0 Å². The molecule has 0 aromatic heterocycles. The molecule has 0 aliphatic carbocycles. The molecule has 2 N–H and O–H groups in total. The van der Waals surface area contributed by atoms with Gasteiger partial charge >= 0.3 is 0 Å². The van der Waals surface area contributed by atoms with Crippen LogP contribution in [-0.4, -0.2) is 32.3 Å². The highest BCUT2D eigenvalue weighted by molar-refractivity contribution is 14.0. The van der Waals surface area contributed by atoms with Crippen LogP contribution in [0, 0.1) is 12.7 Å². The van der Waals surface area contributed by atoms with Gasteiger partial charge in [0.2, 0.25) is 0 Å². The predicted octanol–water partition coefficient (Wildman–Crippen LogP) is 3.16. The summed E-state index contributed by atoms with van der Waals surface area (Å²) in [4.78, 5) is 4.20. The molecule has 1 aromatic rings. The molecular weight excluding hydrogens is 396 g/mol. The Morgan fingerprint density at radius 1 is 1.50 bits per heavy atom. The third-order valence-electron chi connectivity index (χ3n) is 3.79. The highest BCUT2D eigenvalue weighted by Crippen LogP contribution is 2.16. The van der Waals surface area contributed by atoms with Crippen LogP contribution in [0.5, 0.6) is 0 Å². The fraction of sp³-hybridized carbons (Fsp3) is 0.562. The van der Waals surface area contributed by atoms with Gasteiger partial charge in [-0.25, -0.2) is 4.39 Å². The van der Waals surface area contributed by atoms with Crippen molar-refractivity contribution < 1.29 is 9.13 Å². The molecule has 1 heterocycles. The summed E-state index contributed by atoms with van der Waals surface area (Å²) < 4.78 is 19.2. The number of halogens is 2. The van der Waals surface area contributed by atoms with Crippen LogP contribution in [0.15, 0.2) is 23.2 Å². The van der Waals surface area contributed by atoms with Crippen LogP contribution in [-0.2, 0) is 4.74 Å². The van der Waals surface area contributed by atoms with Gasteiger partial charge in [0.15, 0.2) is 5.96 Å². The first-order valence-electron chi connectivity index (χ1n) is 7.45. The highest BCUT2D eigenvalue weighted by atomic mass is 127. The Balaban J connectivity index is 0.00000242. The van der Waals surface area contributed by atoms with Crippen molar-refractivity contribution in [3.05, 3.63) is 35.1 Å². The zero-order chi connectivity index (χ0) is 15.2. The first-order valence-corrected chi connectivity index (χ1v) is 7.45. The number of nitrogens with zero attached hydrogens (tertiary/aromatic N) is 1. The lowest BCUT2D eigenvalue weighted by molar-refractivity contribution is 0.113. The molecule has 1 aliphatic heterocycles. The number of benzene rings is 1. The lowest BCUT2D eigenvalue weighted by Crippen LogP contribution is -2.42. The van der Waals surface area contributed by atoms with Gasteiger partial charge < -0.3 is 15.4 Å². The number of hydrogen-bond acceptors (Lipinski definition) is 2. The minimum atomic E-state index is -0.177. The molecule has 0 saturated carbocycles. The smallest absolute Gasteiger partial charge is 0.191 e. The summed E-state index contributed by atoms with van der Waals surface area (Å²) in [5.74, 6) is 0.530. The molecule has 1 saturated heterocycles. The van der Waals surface area contributed by atoms with E-state index in [-0.39, 0.29) is 41.9 Å². The number of rotatable bonds is 4. The van der Waals surface area contributed by atoms with Gasteiger partial charge in [0.1, 0.15) is 5.82 Å². The zero-order valence-electron chi connectivity index (χ0n) is 13.4. The summed E-state index contributed by atoms with van der Waals surface area (Å²) in [6.45, 7) is 5.34. The predicted molar refractivity (Wildman–Crippen MR) is 98.4 cm³/mol. The molecular formula is C16H25FIN3O. The van der Waals surface area contributed by atoms with E-state index in [0.29, 0.717) is 11.5 Å². The minimum absolute atomic E-state index is 0. The monoisotopic (exact) mass is 421 g/mol. The van der Waals surface area contributed by atoms with Crippen molar-refractivity contribution in [1.82, 2.24) is 10.6 Å². The second-order valence-corrected chi connectivity index (χ2v) is 5.46. The summed E-state index contributed by atoms with van der Waals surface area (Å²) in [5, 5.41) is 6.53. The van der Waals surface area contributed by atoms with Crippen LogP contribution in [0.2, 0.25) is 0 Å². The molecule has 0 spiro atoms. The van der Waals surface area contributed by atoms with E-state index in [9.17, 15) is 4.39 Å². The van der Waals surface area contributed by atoms with Crippen molar-refractivity contribution in [2.45, 2.75) is 38.8 Å². The SMILES string of the molecule is CN=C(NCC1CCCO1)NC(C)c1ccc(C)c(F)c1.I. The van der Waals surface area contributed by atoms with Crippen LogP contribution in [0.25, 0.3) is 0 Å². The van der Waals surface area contributed by atoms with Crippen LogP contribution in [0.4, 0.5) is 4.39 Å². The van der Waals surface area contributed by atoms with E-state index < -0.39 is 0 Å². The van der Waals surface area contributed by atoms with Gasteiger partial charge in [-0.2, -0.15) is 0 Å². The Morgan fingerprint density at radius 2 is 2.27 bits per heavy atom. The second-order valence-electron chi connectivity index (χ2n) is 5.46. The summed E-state index contributed by atoms with van der Waals surface area (Å²) >= 11 is 0. The highest BCUT2D eigenvalue weighted by Gasteiger charge is 2.16. The maximum absolute atomic E-state index is 13.6. The zero-order valence-corrected chi connectivity index (χ0v) is 15.7. The molecule has 1 aliphatic rings. The second kappa shape index (κ2) is 9.29. The molecule has 0 radical (unpaired) electrons. The van der Waals surface area contributed by atoms with Gasteiger partial charge in [0.05, 0.1) is 12.1 Å². The maximum Gasteiger partial charge on any atom is 0.191 e. The lowest BCUT2D eigenvalue weighted by atomic mass is 10.1. The van der Waals surface area contributed by atoms with Gasteiger partial charge in [0.25, 0.3) is 0 Å². The fourth-order valence-electron chi connectivity index (χ4n) is 2.38. The molecule has 2 atom stereocenters. The quantitative estimate of drug-likeness (QED) is 0.446. The molecule has 0 amide bonds.